The predicted octanol–water partition coefficient (Wildman–Crippen LogP) is -0.263. The van der Waals surface area contributed by atoms with Gasteiger partial charge in [0, 0.05) is 24.7 Å². The maximum atomic E-state index is 13.2. The first-order valence-corrected chi connectivity index (χ1v) is 11.0. The van der Waals surface area contributed by atoms with Crippen LogP contribution < -0.4 is 21.7 Å². The quantitative estimate of drug-likeness (QED) is 0.246. The fourth-order valence-corrected chi connectivity index (χ4v) is 3.22. The van der Waals surface area contributed by atoms with Gasteiger partial charge in [0.2, 0.25) is 17.7 Å². The van der Waals surface area contributed by atoms with E-state index >= 15 is 0 Å². The van der Waals surface area contributed by atoms with Gasteiger partial charge in [0.25, 0.3) is 0 Å². The molecule has 0 bridgehead atoms. The van der Waals surface area contributed by atoms with Crippen molar-refractivity contribution < 1.29 is 24.3 Å². The zero-order valence-corrected chi connectivity index (χ0v) is 19.4. The van der Waals surface area contributed by atoms with Crippen molar-refractivity contribution >= 4 is 23.7 Å². The first-order valence-electron chi connectivity index (χ1n) is 11.0. The van der Waals surface area contributed by atoms with Crippen LogP contribution in [0.1, 0.15) is 32.0 Å². The van der Waals surface area contributed by atoms with Crippen LogP contribution in [0.2, 0.25) is 0 Å². The van der Waals surface area contributed by atoms with Crippen molar-refractivity contribution in [2.45, 2.75) is 57.8 Å². The lowest BCUT2D eigenvalue weighted by molar-refractivity contribution is -0.142. The number of amides is 3. The van der Waals surface area contributed by atoms with Gasteiger partial charge in [-0.05, 0) is 18.4 Å². The van der Waals surface area contributed by atoms with Gasteiger partial charge < -0.3 is 31.8 Å². The van der Waals surface area contributed by atoms with Gasteiger partial charge in [-0.25, -0.2) is 4.98 Å². The number of imidazole rings is 1. The van der Waals surface area contributed by atoms with E-state index in [-0.39, 0.29) is 18.8 Å². The van der Waals surface area contributed by atoms with E-state index in [9.17, 15) is 19.2 Å². The molecule has 0 radical (unpaired) electrons. The fraction of sp³-hybridized carbons (Fsp3) is 0.435. The molecular formula is C23H32N6O5. The Morgan fingerprint density at radius 1 is 0.971 bits per heavy atom. The summed E-state index contributed by atoms with van der Waals surface area (Å²) in [5.41, 5.74) is 7.50. The number of carbonyl (C=O) groups is 4. The molecule has 1 aromatic carbocycles. The maximum Gasteiger partial charge on any atom is 0.325 e. The summed E-state index contributed by atoms with van der Waals surface area (Å²) in [4.78, 5) is 56.4. The van der Waals surface area contributed by atoms with Crippen LogP contribution in [0.5, 0.6) is 0 Å². The van der Waals surface area contributed by atoms with E-state index in [1.807, 2.05) is 30.3 Å². The van der Waals surface area contributed by atoms with E-state index in [4.69, 9.17) is 10.8 Å². The van der Waals surface area contributed by atoms with Gasteiger partial charge in [0.15, 0.2) is 0 Å². The standard InChI is InChI=1S/C23H32N6O5/c1-13(2)19(22(32)27-14(3)23(33)34)29-21(31)18(9-15-7-5-4-6-8-15)28-20(30)17(24)10-16-11-25-12-26-16/h4-8,11-14,17-19H,9-10,24H2,1-3H3,(H,25,26)(H,27,32)(H,28,30)(H,29,31)(H,33,34). The molecule has 0 aliphatic rings. The van der Waals surface area contributed by atoms with Gasteiger partial charge in [0.1, 0.15) is 18.1 Å². The molecule has 2 rings (SSSR count). The third-order valence-electron chi connectivity index (χ3n) is 5.22. The number of H-pyrrole nitrogens is 1. The van der Waals surface area contributed by atoms with Gasteiger partial charge in [-0.3, -0.25) is 19.2 Å². The van der Waals surface area contributed by atoms with E-state index in [0.29, 0.717) is 5.69 Å². The van der Waals surface area contributed by atoms with Crippen LogP contribution in [-0.2, 0) is 32.0 Å². The monoisotopic (exact) mass is 472 g/mol. The van der Waals surface area contributed by atoms with Crippen LogP contribution >= 0.6 is 0 Å². The van der Waals surface area contributed by atoms with E-state index < -0.39 is 47.9 Å². The number of carboxylic acid groups (broad SMARTS) is 1. The molecule has 4 atom stereocenters. The topological polar surface area (TPSA) is 179 Å². The van der Waals surface area contributed by atoms with Crippen molar-refractivity contribution in [3.8, 4) is 0 Å². The minimum Gasteiger partial charge on any atom is -0.480 e. The van der Waals surface area contributed by atoms with Crippen molar-refractivity contribution in [1.82, 2.24) is 25.9 Å². The summed E-state index contributed by atoms with van der Waals surface area (Å²) in [6, 6.07) is 5.05. The summed E-state index contributed by atoms with van der Waals surface area (Å²) < 4.78 is 0. The molecule has 7 N–H and O–H groups in total. The highest BCUT2D eigenvalue weighted by molar-refractivity contribution is 5.94. The number of nitrogens with one attached hydrogen (secondary N) is 4. The number of aromatic amines is 1. The first kappa shape index (κ1) is 26.5. The SMILES string of the molecule is CC(NC(=O)C(NC(=O)C(Cc1ccccc1)NC(=O)C(N)Cc1cnc[nH]1)C(C)C)C(=O)O. The molecule has 11 nitrogen and oxygen atoms in total. The maximum absolute atomic E-state index is 13.2. The van der Waals surface area contributed by atoms with E-state index in [1.54, 1.807) is 20.0 Å². The number of nitrogens with two attached hydrogens (primary N) is 1. The van der Waals surface area contributed by atoms with Crippen molar-refractivity contribution in [3.63, 3.8) is 0 Å². The van der Waals surface area contributed by atoms with Crippen LogP contribution in [0.4, 0.5) is 0 Å². The zero-order chi connectivity index (χ0) is 25.3. The van der Waals surface area contributed by atoms with Gasteiger partial charge in [-0.1, -0.05) is 44.2 Å². The van der Waals surface area contributed by atoms with Crippen LogP contribution in [0.3, 0.4) is 0 Å². The van der Waals surface area contributed by atoms with Crippen molar-refractivity contribution in [3.05, 3.63) is 54.1 Å². The summed E-state index contributed by atoms with van der Waals surface area (Å²) in [5, 5.41) is 16.8. The Labute approximate surface area is 197 Å². The van der Waals surface area contributed by atoms with Crippen molar-refractivity contribution in [1.29, 1.82) is 0 Å². The fourth-order valence-electron chi connectivity index (χ4n) is 3.22. The Morgan fingerprint density at radius 2 is 1.65 bits per heavy atom. The molecular weight excluding hydrogens is 440 g/mol. The second-order valence-electron chi connectivity index (χ2n) is 8.44. The minimum atomic E-state index is -1.19. The molecule has 0 aliphatic carbocycles. The summed E-state index contributed by atoms with van der Waals surface area (Å²) in [6.45, 7) is 4.78. The molecule has 0 spiro atoms. The lowest BCUT2D eigenvalue weighted by Crippen LogP contribution is -2.58. The highest BCUT2D eigenvalue weighted by atomic mass is 16.4. The third-order valence-corrected chi connectivity index (χ3v) is 5.22. The van der Waals surface area contributed by atoms with Crippen LogP contribution in [0.25, 0.3) is 0 Å². The number of hydrogen-bond acceptors (Lipinski definition) is 6. The Kier molecular flexibility index (Phi) is 9.75. The zero-order valence-electron chi connectivity index (χ0n) is 19.4. The summed E-state index contributed by atoms with van der Waals surface area (Å²) in [7, 11) is 0. The number of benzene rings is 1. The van der Waals surface area contributed by atoms with Gasteiger partial charge in [0.05, 0.1) is 12.4 Å². The van der Waals surface area contributed by atoms with Gasteiger partial charge in [-0.15, -0.1) is 0 Å². The van der Waals surface area contributed by atoms with E-state index in [0.717, 1.165) is 5.56 Å². The highest BCUT2D eigenvalue weighted by Crippen LogP contribution is 2.08. The number of rotatable bonds is 12. The summed E-state index contributed by atoms with van der Waals surface area (Å²) >= 11 is 0. The Bertz CT molecular complexity index is 963. The van der Waals surface area contributed by atoms with Crippen molar-refractivity contribution in [2.75, 3.05) is 0 Å². The molecule has 2 aromatic rings. The molecule has 34 heavy (non-hydrogen) atoms. The van der Waals surface area contributed by atoms with E-state index in [2.05, 4.69) is 25.9 Å². The highest BCUT2D eigenvalue weighted by Gasteiger charge is 2.31. The number of nitrogens with zero attached hydrogens (tertiary/aromatic N) is 1. The van der Waals surface area contributed by atoms with Crippen LogP contribution in [0.15, 0.2) is 42.9 Å². The number of hydrogen-bond donors (Lipinski definition) is 6. The number of carboxylic acids is 1. The van der Waals surface area contributed by atoms with Gasteiger partial charge >= 0.3 is 5.97 Å². The minimum absolute atomic E-state index is 0.174. The second kappa shape index (κ2) is 12.5. The van der Waals surface area contributed by atoms with Crippen LogP contribution in [0, 0.1) is 5.92 Å². The Balaban J connectivity index is 2.15. The Morgan fingerprint density at radius 3 is 2.21 bits per heavy atom. The molecule has 1 heterocycles. The second-order valence-corrected chi connectivity index (χ2v) is 8.44. The summed E-state index contributed by atoms with van der Waals surface area (Å²) in [5.74, 6) is -3.26. The summed E-state index contributed by atoms with van der Waals surface area (Å²) in [6.07, 6.45) is 3.42. The molecule has 4 unspecified atom stereocenters. The number of aliphatic carboxylic acids is 1. The average Bonchev–Trinajstić information content (AvgIpc) is 3.30. The van der Waals surface area contributed by atoms with Crippen LogP contribution in [-0.4, -0.2) is 62.9 Å². The molecule has 184 valence electrons. The predicted molar refractivity (Wildman–Crippen MR) is 124 cm³/mol. The normalized spacial score (nSPS) is 14.5. The van der Waals surface area contributed by atoms with E-state index in [1.165, 1.54) is 13.3 Å². The third kappa shape index (κ3) is 8.00. The largest absolute Gasteiger partial charge is 0.480 e. The molecule has 11 heteroatoms. The number of aromatic nitrogens is 2. The number of carbonyl (C=O) groups excluding carboxylic acids is 3. The van der Waals surface area contributed by atoms with Crippen molar-refractivity contribution in [2.24, 2.45) is 11.7 Å². The molecule has 1 aromatic heterocycles. The molecule has 3 amide bonds. The first-order chi connectivity index (χ1) is 16.1. The van der Waals surface area contributed by atoms with Gasteiger partial charge in [-0.2, -0.15) is 0 Å². The lowest BCUT2D eigenvalue weighted by Gasteiger charge is -2.26. The molecule has 0 saturated carbocycles. The Hall–Kier alpha value is -3.73. The molecule has 0 saturated heterocycles. The smallest absolute Gasteiger partial charge is 0.325 e. The molecule has 0 fully saturated rings. The average molecular weight is 473 g/mol. The lowest BCUT2D eigenvalue weighted by atomic mass is 10.0. The molecule has 0 aliphatic heterocycles.